The molecule has 0 bridgehead atoms. The van der Waals surface area contributed by atoms with Crippen molar-refractivity contribution in [3.8, 4) is 11.5 Å². The van der Waals surface area contributed by atoms with Gasteiger partial charge in [0.2, 0.25) is 11.8 Å². The topological polar surface area (TPSA) is 99.2 Å². The number of imide groups is 1. The molecule has 39 heavy (non-hydrogen) atoms. The van der Waals surface area contributed by atoms with E-state index in [0.717, 1.165) is 47.8 Å². The van der Waals surface area contributed by atoms with Crippen LogP contribution >= 0.6 is 0 Å². The molecule has 0 spiro atoms. The van der Waals surface area contributed by atoms with Crippen LogP contribution < -0.4 is 10.1 Å². The van der Waals surface area contributed by atoms with E-state index in [0.29, 0.717) is 31.4 Å². The number of benzene rings is 3. The molecule has 3 amide bonds. The standard InChI is InChI=1S/C31H31N3O5/c35-28-12-11-27(29(36)32-28)34-20-22-18-23(9-10-26(22)30(34)37)31(38)13-15-33(16-14-31)19-21-5-4-8-25(17-21)39-24-6-2-1-3-7-24/h1-10,17-18,27,38H,11-16,19-20H2,(H,32,35,36). The van der Waals surface area contributed by atoms with Crippen LogP contribution in [-0.4, -0.2) is 51.8 Å². The SMILES string of the molecule is O=C1CCC(N2Cc3cc(C4(O)CCN(Cc5cccc(Oc6ccccc6)c5)CC4)ccc3C2=O)C(=O)N1. The average Bonchev–Trinajstić information content (AvgIpc) is 3.26. The Balaban J connectivity index is 1.09. The van der Waals surface area contributed by atoms with E-state index in [-0.39, 0.29) is 18.2 Å². The number of aliphatic hydroxyl groups is 1. The zero-order valence-corrected chi connectivity index (χ0v) is 21.6. The molecule has 8 nitrogen and oxygen atoms in total. The maximum Gasteiger partial charge on any atom is 0.255 e. The molecule has 3 aromatic rings. The van der Waals surface area contributed by atoms with Crippen molar-refractivity contribution in [2.24, 2.45) is 0 Å². The molecular formula is C31H31N3O5. The van der Waals surface area contributed by atoms with Gasteiger partial charge in [0.1, 0.15) is 17.5 Å². The summed E-state index contributed by atoms with van der Waals surface area (Å²) in [7, 11) is 0. The van der Waals surface area contributed by atoms with Gasteiger partial charge in [-0.25, -0.2) is 0 Å². The second kappa shape index (κ2) is 10.3. The predicted molar refractivity (Wildman–Crippen MR) is 144 cm³/mol. The second-order valence-electron chi connectivity index (χ2n) is 10.6. The van der Waals surface area contributed by atoms with Gasteiger partial charge in [-0.1, -0.05) is 42.5 Å². The first-order valence-electron chi connectivity index (χ1n) is 13.4. The van der Waals surface area contributed by atoms with Gasteiger partial charge in [0, 0.05) is 38.2 Å². The Hall–Kier alpha value is -4.01. The minimum atomic E-state index is -0.977. The van der Waals surface area contributed by atoms with Crippen molar-refractivity contribution in [3.63, 3.8) is 0 Å². The van der Waals surface area contributed by atoms with E-state index in [2.05, 4.69) is 22.3 Å². The highest BCUT2D eigenvalue weighted by Crippen LogP contribution is 2.37. The third-order valence-corrected chi connectivity index (χ3v) is 8.03. The van der Waals surface area contributed by atoms with E-state index in [4.69, 9.17) is 4.74 Å². The van der Waals surface area contributed by atoms with Gasteiger partial charge in [-0.05, 0) is 66.3 Å². The highest BCUT2D eigenvalue weighted by molar-refractivity contribution is 6.05. The van der Waals surface area contributed by atoms with Crippen molar-refractivity contribution >= 4 is 17.7 Å². The lowest BCUT2D eigenvalue weighted by atomic mass is 9.83. The van der Waals surface area contributed by atoms with Gasteiger partial charge in [-0.15, -0.1) is 0 Å². The molecule has 0 aliphatic carbocycles. The van der Waals surface area contributed by atoms with Crippen LogP contribution in [0.2, 0.25) is 0 Å². The lowest BCUT2D eigenvalue weighted by molar-refractivity contribution is -0.136. The number of fused-ring (bicyclic) bond motifs is 1. The lowest BCUT2D eigenvalue weighted by Gasteiger charge is -2.38. The summed E-state index contributed by atoms with van der Waals surface area (Å²) in [5.41, 5.74) is 2.35. The van der Waals surface area contributed by atoms with Crippen LogP contribution in [0, 0.1) is 0 Å². The Morgan fingerprint density at radius 2 is 1.69 bits per heavy atom. The molecular weight excluding hydrogens is 494 g/mol. The Morgan fingerprint density at radius 1 is 0.923 bits per heavy atom. The van der Waals surface area contributed by atoms with Gasteiger partial charge in [-0.3, -0.25) is 24.6 Å². The summed E-state index contributed by atoms with van der Waals surface area (Å²) >= 11 is 0. The zero-order chi connectivity index (χ0) is 27.0. The number of hydrogen-bond acceptors (Lipinski definition) is 6. The van der Waals surface area contributed by atoms with Crippen LogP contribution in [-0.2, 0) is 28.3 Å². The molecule has 1 unspecified atom stereocenters. The fourth-order valence-corrected chi connectivity index (χ4v) is 5.82. The largest absolute Gasteiger partial charge is 0.457 e. The molecule has 2 fully saturated rings. The molecule has 8 heteroatoms. The lowest BCUT2D eigenvalue weighted by Crippen LogP contribution is -2.52. The van der Waals surface area contributed by atoms with Gasteiger partial charge in [-0.2, -0.15) is 0 Å². The maximum absolute atomic E-state index is 13.0. The van der Waals surface area contributed by atoms with E-state index in [1.54, 1.807) is 11.0 Å². The van der Waals surface area contributed by atoms with Crippen LogP contribution in [0.25, 0.3) is 0 Å². The fourth-order valence-electron chi connectivity index (χ4n) is 5.82. The number of likely N-dealkylation sites (tertiary alicyclic amines) is 1. The summed E-state index contributed by atoms with van der Waals surface area (Å²) in [5, 5.41) is 13.9. The van der Waals surface area contributed by atoms with Crippen LogP contribution in [0.4, 0.5) is 0 Å². The molecule has 1 atom stereocenters. The van der Waals surface area contributed by atoms with Crippen molar-refractivity contribution in [2.75, 3.05) is 13.1 Å². The summed E-state index contributed by atoms with van der Waals surface area (Å²) in [6.45, 7) is 2.54. The van der Waals surface area contributed by atoms with E-state index in [1.807, 2.05) is 54.6 Å². The van der Waals surface area contributed by atoms with Crippen LogP contribution in [0.5, 0.6) is 11.5 Å². The number of rotatable bonds is 6. The zero-order valence-electron chi connectivity index (χ0n) is 21.6. The minimum absolute atomic E-state index is 0.202. The van der Waals surface area contributed by atoms with Crippen LogP contribution in [0.3, 0.4) is 0 Å². The molecule has 2 saturated heterocycles. The number of piperidine rings is 2. The molecule has 200 valence electrons. The van der Waals surface area contributed by atoms with Crippen molar-refractivity contribution in [2.45, 2.75) is 50.4 Å². The number of hydrogen-bond donors (Lipinski definition) is 2. The van der Waals surface area contributed by atoms with Crippen molar-refractivity contribution in [1.82, 2.24) is 15.1 Å². The molecule has 2 N–H and O–H groups in total. The van der Waals surface area contributed by atoms with Gasteiger partial charge in [0.05, 0.1) is 5.60 Å². The summed E-state index contributed by atoms with van der Waals surface area (Å²) in [6.07, 6.45) is 1.72. The Bertz CT molecular complexity index is 1410. The first-order chi connectivity index (χ1) is 18.9. The molecule has 3 heterocycles. The molecule has 3 aromatic carbocycles. The summed E-state index contributed by atoms with van der Waals surface area (Å²) in [6, 6.07) is 22.7. The quantitative estimate of drug-likeness (QED) is 0.476. The predicted octanol–water partition coefficient (Wildman–Crippen LogP) is 3.72. The first-order valence-corrected chi connectivity index (χ1v) is 13.4. The van der Waals surface area contributed by atoms with E-state index < -0.39 is 17.6 Å². The molecule has 0 saturated carbocycles. The highest BCUT2D eigenvalue weighted by Gasteiger charge is 2.40. The Kier molecular flexibility index (Phi) is 6.66. The smallest absolute Gasteiger partial charge is 0.255 e. The normalized spacial score (nSPS) is 21.0. The van der Waals surface area contributed by atoms with Gasteiger partial charge in [0.25, 0.3) is 5.91 Å². The monoisotopic (exact) mass is 525 g/mol. The molecule has 3 aliphatic heterocycles. The summed E-state index contributed by atoms with van der Waals surface area (Å²) in [4.78, 5) is 40.8. The van der Waals surface area contributed by atoms with Gasteiger partial charge in [0.15, 0.2) is 0 Å². The molecule has 0 radical (unpaired) electrons. The van der Waals surface area contributed by atoms with E-state index >= 15 is 0 Å². The third-order valence-electron chi connectivity index (χ3n) is 8.03. The number of carbonyl (C=O) groups excluding carboxylic acids is 3. The maximum atomic E-state index is 13.0. The Labute approximate surface area is 227 Å². The second-order valence-corrected chi connectivity index (χ2v) is 10.6. The number of carbonyl (C=O) groups is 3. The van der Waals surface area contributed by atoms with Crippen LogP contribution in [0.15, 0.2) is 72.8 Å². The van der Waals surface area contributed by atoms with E-state index in [9.17, 15) is 19.5 Å². The average molecular weight is 526 g/mol. The van der Waals surface area contributed by atoms with E-state index in [1.165, 1.54) is 0 Å². The number of nitrogens with one attached hydrogen (secondary N) is 1. The summed E-state index contributed by atoms with van der Waals surface area (Å²) < 4.78 is 5.98. The number of para-hydroxylation sites is 1. The summed E-state index contributed by atoms with van der Waals surface area (Å²) in [5.74, 6) is 0.673. The highest BCUT2D eigenvalue weighted by atomic mass is 16.5. The molecule has 6 rings (SSSR count). The number of nitrogens with zero attached hydrogens (tertiary/aromatic N) is 2. The van der Waals surface area contributed by atoms with Gasteiger partial charge < -0.3 is 14.7 Å². The molecule has 3 aliphatic rings. The third kappa shape index (κ3) is 5.17. The minimum Gasteiger partial charge on any atom is -0.457 e. The number of amides is 3. The number of ether oxygens (including phenoxy) is 1. The van der Waals surface area contributed by atoms with Crippen molar-refractivity contribution in [1.29, 1.82) is 0 Å². The van der Waals surface area contributed by atoms with Crippen LogP contribution in [0.1, 0.15) is 52.7 Å². The van der Waals surface area contributed by atoms with Crippen molar-refractivity contribution in [3.05, 3.63) is 95.1 Å². The first kappa shape index (κ1) is 25.3. The van der Waals surface area contributed by atoms with Gasteiger partial charge >= 0.3 is 0 Å². The Morgan fingerprint density at radius 3 is 2.46 bits per heavy atom. The molecule has 0 aromatic heterocycles. The van der Waals surface area contributed by atoms with Crippen molar-refractivity contribution < 1.29 is 24.2 Å². The fraction of sp³-hybridized carbons (Fsp3) is 0.323.